The van der Waals surface area contributed by atoms with Crippen molar-refractivity contribution in [1.29, 1.82) is 0 Å². The van der Waals surface area contributed by atoms with E-state index >= 15 is 0 Å². The molecule has 0 radical (unpaired) electrons. The molecule has 7 N–H and O–H groups in total. The number of nitrogens with one attached hydrogen (secondary N) is 2. The van der Waals surface area contributed by atoms with E-state index in [9.17, 15) is 33.8 Å². The summed E-state index contributed by atoms with van der Waals surface area (Å²) in [4.78, 5) is 50.5. The highest BCUT2D eigenvalue weighted by Gasteiger charge is 2.40. The van der Waals surface area contributed by atoms with Crippen molar-refractivity contribution in [3.63, 3.8) is 0 Å². The van der Waals surface area contributed by atoms with Gasteiger partial charge in [0.2, 0.25) is 0 Å². The fourth-order valence-electron chi connectivity index (χ4n) is 8.32. The Kier molecular flexibility index (Phi) is 19.8. The summed E-state index contributed by atoms with van der Waals surface area (Å²) in [5.41, 5.74) is 12.5. The molecule has 0 saturated carbocycles. The number of hydrogen-bond donors (Lipinski definition) is 6. The van der Waals surface area contributed by atoms with Crippen LogP contribution in [-0.4, -0.2) is 89.4 Å². The zero-order valence-corrected chi connectivity index (χ0v) is 40.1. The number of methoxy groups -OCH3 is 1. The molecular formula is C53H60ClFN4O10. The lowest BCUT2D eigenvalue weighted by molar-refractivity contribution is -0.140. The van der Waals surface area contributed by atoms with Crippen LogP contribution in [0.4, 0.5) is 10.1 Å². The molecule has 1 aliphatic rings. The number of aliphatic carboxylic acids is 1. The number of aliphatic hydroxyl groups excluding tert-OH is 2. The number of carbonyl (C=O) groups is 4. The number of para-hydroxylation sites is 1. The SMILES string of the molecule is CC(C)c1c(C(=O)Nc2ccccc2)c(-c2ccccc2)c(-c2ccc(F)cc2)n1CC[C@@H](O)C[C@@H](O)CC(=O)O.CCOC(=O)C1=C(COCCN)NC(C)=C(C(=O)OC)C1c1ccccc1Cl. The van der Waals surface area contributed by atoms with Gasteiger partial charge in [-0.3, -0.25) is 9.59 Å². The molecule has 0 aliphatic carbocycles. The van der Waals surface area contributed by atoms with E-state index in [-0.39, 0.29) is 55.8 Å². The second-order valence-electron chi connectivity index (χ2n) is 16.5. The Morgan fingerprint density at radius 2 is 1.51 bits per heavy atom. The van der Waals surface area contributed by atoms with Gasteiger partial charge in [0.1, 0.15) is 5.82 Å². The topological polar surface area (TPSA) is 212 Å². The Balaban J connectivity index is 0.000000277. The molecule has 16 heteroatoms. The van der Waals surface area contributed by atoms with E-state index in [0.29, 0.717) is 68.8 Å². The first-order valence-corrected chi connectivity index (χ1v) is 23.0. The number of halogens is 2. The summed E-state index contributed by atoms with van der Waals surface area (Å²) in [6, 6.07) is 31.8. The lowest BCUT2D eigenvalue weighted by Crippen LogP contribution is -2.35. The average Bonchev–Trinajstić information content (AvgIpc) is 3.67. The number of benzene rings is 4. The molecule has 1 amide bonds. The summed E-state index contributed by atoms with van der Waals surface area (Å²) in [5, 5.41) is 36.3. The number of nitrogens with zero attached hydrogens (tertiary/aromatic N) is 1. The minimum absolute atomic E-state index is 0.0939. The Bertz CT molecular complexity index is 2620. The van der Waals surface area contributed by atoms with Crippen molar-refractivity contribution < 1.29 is 53.1 Å². The summed E-state index contributed by atoms with van der Waals surface area (Å²) in [7, 11) is 1.29. The first-order chi connectivity index (χ1) is 33.1. The fourth-order valence-corrected chi connectivity index (χ4v) is 8.57. The summed E-state index contributed by atoms with van der Waals surface area (Å²) < 4.78 is 31.8. The summed E-state index contributed by atoms with van der Waals surface area (Å²) in [6.45, 7) is 8.67. The number of aliphatic hydroxyl groups is 2. The van der Waals surface area contributed by atoms with Crippen molar-refractivity contribution >= 4 is 41.1 Å². The molecule has 0 spiro atoms. The van der Waals surface area contributed by atoms with Crippen molar-refractivity contribution in [3.8, 4) is 22.4 Å². The van der Waals surface area contributed by atoms with Crippen LogP contribution in [0.2, 0.25) is 5.02 Å². The standard InChI is InChI=1S/C33H35FN2O5.C20H25ClN2O5/c1-21(2)31-30(33(41)35-25-11-7-4-8-12-25)29(22-9-5-3-6-10-22)32(23-13-15-24(34)16-14-23)36(31)18-17-26(37)19-27(38)20-28(39)40;1-4-28-20(25)18-15(11-27-10-9-22)23-12(2)16(19(24)26-3)17(18)13-7-5-6-8-14(13)21/h3-16,21,26-27,37-38H,17-20H2,1-2H3,(H,35,41)(H,39,40);5-8,17,23H,4,9-11,22H2,1-3H3/t26-,27-;/m1./s1. The van der Waals surface area contributed by atoms with Gasteiger partial charge in [-0.05, 0) is 91.8 Å². The number of carboxylic acid groups (broad SMARTS) is 1. The van der Waals surface area contributed by atoms with E-state index in [0.717, 1.165) is 11.3 Å². The number of carboxylic acids is 1. The molecule has 0 bridgehead atoms. The molecule has 1 aromatic heterocycles. The molecule has 14 nitrogen and oxygen atoms in total. The number of carbonyl (C=O) groups excluding carboxylic acids is 3. The van der Waals surface area contributed by atoms with Crippen molar-refractivity contribution in [2.45, 2.75) is 77.5 Å². The summed E-state index contributed by atoms with van der Waals surface area (Å²) in [6.07, 6.45) is -2.51. The quantitative estimate of drug-likeness (QED) is 0.0320. The van der Waals surface area contributed by atoms with Gasteiger partial charge in [0.15, 0.2) is 0 Å². The number of esters is 2. The average molecular weight is 968 g/mol. The van der Waals surface area contributed by atoms with E-state index in [1.54, 1.807) is 50.2 Å². The van der Waals surface area contributed by atoms with Crippen LogP contribution in [0, 0.1) is 5.82 Å². The third-order valence-corrected chi connectivity index (χ3v) is 11.5. The molecule has 366 valence electrons. The molecule has 6 rings (SSSR count). The van der Waals surface area contributed by atoms with E-state index in [2.05, 4.69) is 10.6 Å². The first-order valence-electron chi connectivity index (χ1n) is 22.6. The van der Waals surface area contributed by atoms with Gasteiger partial charge in [0, 0.05) is 40.8 Å². The fraction of sp³-hybridized carbons (Fsp3) is 0.321. The molecule has 0 fully saturated rings. The largest absolute Gasteiger partial charge is 0.481 e. The third kappa shape index (κ3) is 13.8. The predicted molar refractivity (Wildman–Crippen MR) is 263 cm³/mol. The highest BCUT2D eigenvalue weighted by atomic mass is 35.5. The first kappa shape index (κ1) is 53.3. The number of anilines is 1. The minimum atomic E-state index is -1.18. The number of rotatable bonds is 20. The van der Waals surface area contributed by atoms with Crippen molar-refractivity contribution in [3.05, 3.63) is 159 Å². The molecule has 0 saturated heterocycles. The van der Waals surface area contributed by atoms with E-state index in [1.165, 1.54) is 19.2 Å². The maximum absolute atomic E-state index is 14.0. The number of dihydropyridines is 1. The third-order valence-electron chi connectivity index (χ3n) is 11.2. The van der Waals surface area contributed by atoms with Crippen molar-refractivity contribution in [2.75, 3.05) is 38.8 Å². The second-order valence-corrected chi connectivity index (χ2v) is 16.9. The Labute approximate surface area is 406 Å². The van der Waals surface area contributed by atoms with Gasteiger partial charge in [-0.2, -0.15) is 0 Å². The highest BCUT2D eigenvalue weighted by molar-refractivity contribution is 6.31. The van der Waals surface area contributed by atoms with Gasteiger partial charge in [-0.15, -0.1) is 0 Å². The minimum Gasteiger partial charge on any atom is -0.481 e. The molecule has 1 unspecified atom stereocenters. The Hall–Kier alpha value is -6.62. The molecule has 5 aromatic rings. The predicted octanol–water partition coefficient (Wildman–Crippen LogP) is 8.58. The van der Waals surface area contributed by atoms with Crippen LogP contribution in [-0.2, 0) is 35.1 Å². The molecular weight excluding hydrogens is 907 g/mol. The van der Waals surface area contributed by atoms with Crippen LogP contribution in [0.15, 0.2) is 132 Å². The van der Waals surface area contributed by atoms with Gasteiger partial charge < -0.3 is 50.5 Å². The molecule has 3 atom stereocenters. The van der Waals surface area contributed by atoms with Crippen LogP contribution in [0.3, 0.4) is 0 Å². The van der Waals surface area contributed by atoms with Crippen LogP contribution in [0.25, 0.3) is 22.4 Å². The highest BCUT2D eigenvalue weighted by Crippen LogP contribution is 2.44. The van der Waals surface area contributed by atoms with Gasteiger partial charge in [-0.25, -0.2) is 14.0 Å². The van der Waals surface area contributed by atoms with Crippen molar-refractivity contribution in [1.82, 2.24) is 9.88 Å². The zero-order valence-electron chi connectivity index (χ0n) is 39.3. The van der Waals surface area contributed by atoms with Crippen LogP contribution >= 0.6 is 11.6 Å². The Morgan fingerprint density at radius 3 is 2.10 bits per heavy atom. The molecule has 2 heterocycles. The van der Waals surface area contributed by atoms with Crippen LogP contribution in [0.1, 0.15) is 80.4 Å². The van der Waals surface area contributed by atoms with Gasteiger partial charge in [0.05, 0.1) is 79.6 Å². The second kappa shape index (κ2) is 25.7. The maximum Gasteiger partial charge on any atom is 0.336 e. The number of amides is 1. The van der Waals surface area contributed by atoms with Crippen LogP contribution < -0.4 is 16.4 Å². The monoisotopic (exact) mass is 966 g/mol. The van der Waals surface area contributed by atoms with Crippen LogP contribution in [0.5, 0.6) is 0 Å². The lowest BCUT2D eigenvalue weighted by atomic mass is 9.80. The molecule has 4 aromatic carbocycles. The number of aromatic nitrogens is 1. The Morgan fingerprint density at radius 1 is 0.870 bits per heavy atom. The molecule has 69 heavy (non-hydrogen) atoms. The maximum atomic E-state index is 14.0. The summed E-state index contributed by atoms with van der Waals surface area (Å²) >= 11 is 6.42. The number of ether oxygens (including phenoxy) is 3. The zero-order chi connectivity index (χ0) is 50.2. The summed E-state index contributed by atoms with van der Waals surface area (Å²) in [5.74, 6) is -3.80. The number of hydrogen-bond acceptors (Lipinski definition) is 11. The van der Waals surface area contributed by atoms with E-state index in [4.69, 9.17) is 36.7 Å². The van der Waals surface area contributed by atoms with Gasteiger partial charge >= 0.3 is 17.9 Å². The number of allylic oxidation sites excluding steroid dienone is 1. The van der Waals surface area contributed by atoms with Gasteiger partial charge in [0.25, 0.3) is 5.91 Å². The molecule has 1 aliphatic heterocycles. The lowest BCUT2D eigenvalue weighted by Gasteiger charge is -2.31. The smallest absolute Gasteiger partial charge is 0.336 e. The normalized spacial score (nSPS) is 14.3. The van der Waals surface area contributed by atoms with E-state index < -0.39 is 42.5 Å². The van der Waals surface area contributed by atoms with Gasteiger partial charge in [-0.1, -0.05) is 92.2 Å². The number of nitrogens with two attached hydrogens (primary N) is 1. The van der Waals surface area contributed by atoms with Crippen molar-refractivity contribution in [2.24, 2.45) is 5.73 Å². The van der Waals surface area contributed by atoms with E-state index in [1.807, 2.05) is 79.1 Å².